The van der Waals surface area contributed by atoms with Crippen molar-refractivity contribution in [2.75, 3.05) is 0 Å². The van der Waals surface area contributed by atoms with Crippen molar-refractivity contribution in [1.82, 2.24) is 0 Å². The number of benzene rings is 1. The van der Waals surface area contributed by atoms with Crippen LogP contribution in [-0.2, 0) is 9.53 Å². The number of hydrogen-bond donors (Lipinski definition) is 0. The van der Waals surface area contributed by atoms with E-state index >= 15 is 0 Å². The maximum atomic E-state index is 10.9. The molecule has 0 aliphatic heterocycles. The average Bonchev–Trinajstić information content (AvgIpc) is 2.06. The van der Waals surface area contributed by atoms with Crippen LogP contribution in [0.15, 0.2) is 24.3 Å². The molecule has 64 valence electrons. The van der Waals surface area contributed by atoms with Crippen molar-refractivity contribution in [2.45, 2.75) is 6.92 Å². The third-order valence-electron chi connectivity index (χ3n) is 1.44. The van der Waals surface area contributed by atoms with Crippen LogP contribution in [0, 0.1) is 6.92 Å². The molecule has 0 aliphatic rings. The van der Waals surface area contributed by atoms with Gasteiger partial charge < -0.3 is 4.74 Å². The molecule has 0 radical (unpaired) electrons. The molecule has 0 saturated heterocycles. The van der Waals surface area contributed by atoms with Crippen LogP contribution in [0.25, 0.3) is 0 Å². The fraction of sp³-hybridized carbons (Fsp3) is 0.111. The van der Waals surface area contributed by atoms with Crippen LogP contribution in [-0.4, -0.2) is 63.8 Å². The van der Waals surface area contributed by atoms with Crippen LogP contribution in [0.5, 0.6) is 0 Å². The van der Waals surface area contributed by atoms with Crippen molar-refractivity contribution in [2.24, 2.45) is 0 Å². The molecule has 0 unspecified atom stereocenters. The Morgan fingerprint density at radius 3 is 2.31 bits per heavy atom. The first kappa shape index (κ1) is 13.0. The van der Waals surface area contributed by atoms with Crippen LogP contribution >= 0.6 is 0 Å². The van der Waals surface area contributed by atoms with Gasteiger partial charge in [-0.1, -0.05) is 17.7 Å². The van der Waals surface area contributed by atoms with Gasteiger partial charge in [-0.2, -0.15) is 0 Å². The SMILES string of the molecule is Cc1ccc(C(=O)OC=O)cc1.[KH]. The molecule has 4 heteroatoms. The van der Waals surface area contributed by atoms with Gasteiger partial charge in [-0.25, -0.2) is 4.79 Å². The second kappa shape index (κ2) is 6.45. The summed E-state index contributed by atoms with van der Waals surface area (Å²) in [5.41, 5.74) is 1.44. The van der Waals surface area contributed by atoms with Gasteiger partial charge in [-0.05, 0) is 19.1 Å². The first-order valence-corrected chi connectivity index (χ1v) is 3.45. The van der Waals surface area contributed by atoms with E-state index in [1.807, 2.05) is 6.92 Å². The van der Waals surface area contributed by atoms with Crippen molar-refractivity contribution in [3.63, 3.8) is 0 Å². The van der Waals surface area contributed by atoms with E-state index in [-0.39, 0.29) is 57.9 Å². The van der Waals surface area contributed by atoms with Crippen molar-refractivity contribution in [3.05, 3.63) is 35.4 Å². The molecular weight excluding hydrogens is 195 g/mol. The Hall–Kier alpha value is -0.00364. The fourth-order valence-corrected chi connectivity index (χ4v) is 0.801. The first-order chi connectivity index (χ1) is 5.74. The first-order valence-electron chi connectivity index (χ1n) is 3.45. The molecule has 1 rings (SSSR count). The summed E-state index contributed by atoms with van der Waals surface area (Å²) in [4.78, 5) is 20.7. The zero-order valence-corrected chi connectivity index (χ0v) is 6.61. The van der Waals surface area contributed by atoms with E-state index in [0.717, 1.165) is 5.56 Å². The topological polar surface area (TPSA) is 43.4 Å². The molecule has 0 heterocycles. The molecule has 0 amide bonds. The van der Waals surface area contributed by atoms with Crippen LogP contribution in [0.1, 0.15) is 15.9 Å². The van der Waals surface area contributed by atoms with E-state index in [9.17, 15) is 9.59 Å². The third kappa shape index (κ3) is 4.15. The van der Waals surface area contributed by atoms with Gasteiger partial charge in [0.25, 0.3) is 0 Å². The van der Waals surface area contributed by atoms with Crippen LogP contribution in [0.3, 0.4) is 0 Å². The summed E-state index contributed by atoms with van der Waals surface area (Å²) >= 11 is 0. The maximum absolute atomic E-state index is 10.9. The minimum atomic E-state index is -0.620. The molecule has 0 atom stereocenters. The van der Waals surface area contributed by atoms with Gasteiger partial charge in [0, 0.05) is 0 Å². The van der Waals surface area contributed by atoms with Crippen molar-refractivity contribution >= 4 is 63.8 Å². The summed E-state index contributed by atoms with van der Waals surface area (Å²) in [6.45, 7) is 2.04. The van der Waals surface area contributed by atoms with Gasteiger partial charge in [0.2, 0.25) is 0 Å². The fourth-order valence-electron chi connectivity index (χ4n) is 0.801. The van der Waals surface area contributed by atoms with E-state index in [4.69, 9.17) is 0 Å². The molecule has 1 aromatic carbocycles. The Morgan fingerprint density at radius 1 is 1.31 bits per heavy atom. The Labute approximate surface area is 119 Å². The normalized spacial score (nSPS) is 8.38. The van der Waals surface area contributed by atoms with E-state index in [2.05, 4.69) is 4.74 Å². The Kier molecular flexibility index (Phi) is 6.45. The van der Waals surface area contributed by atoms with Crippen molar-refractivity contribution in [3.8, 4) is 0 Å². The second-order valence-electron chi connectivity index (χ2n) is 2.37. The summed E-state index contributed by atoms with van der Waals surface area (Å²) in [6, 6.07) is 6.78. The van der Waals surface area contributed by atoms with E-state index < -0.39 is 5.97 Å². The Balaban J connectivity index is 0.00000144. The second-order valence-corrected chi connectivity index (χ2v) is 2.37. The van der Waals surface area contributed by atoms with E-state index in [0.29, 0.717) is 5.56 Å². The van der Waals surface area contributed by atoms with Gasteiger partial charge in [0.15, 0.2) is 0 Å². The molecule has 0 bridgehead atoms. The number of ether oxygens (including phenoxy) is 1. The van der Waals surface area contributed by atoms with Gasteiger partial charge in [0.05, 0.1) is 5.56 Å². The van der Waals surface area contributed by atoms with E-state index in [1.165, 1.54) is 0 Å². The molecule has 1 aromatic rings. The van der Waals surface area contributed by atoms with Gasteiger partial charge in [-0.3, -0.25) is 4.79 Å². The van der Waals surface area contributed by atoms with Gasteiger partial charge in [-0.15, -0.1) is 0 Å². The predicted octanol–water partition coefficient (Wildman–Crippen LogP) is 0.660. The summed E-state index contributed by atoms with van der Waals surface area (Å²) in [7, 11) is 0. The number of esters is 1. The zero-order chi connectivity index (χ0) is 8.97. The molecule has 0 aromatic heterocycles. The van der Waals surface area contributed by atoms with E-state index in [1.54, 1.807) is 24.3 Å². The Bertz CT molecular complexity index is 292. The Morgan fingerprint density at radius 2 is 1.85 bits per heavy atom. The summed E-state index contributed by atoms with van der Waals surface area (Å²) in [5, 5.41) is 0. The number of hydrogen-bond acceptors (Lipinski definition) is 3. The minimum absolute atomic E-state index is 0. The third-order valence-corrected chi connectivity index (χ3v) is 1.44. The monoisotopic (exact) mass is 204 g/mol. The van der Waals surface area contributed by atoms with Gasteiger partial charge in [0.1, 0.15) is 0 Å². The molecular formula is C9H9KO3. The number of carbonyl (C=O) groups excluding carboxylic acids is 2. The molecule has 0 aliphatic carbocycles. The molecule has 0 N–H and O–H groups in total. The van der Waals surface area contributed by atoms with Crippen molar-refractivity contribution < 1.29 is 14.3 Å². The summed E-state index contributed by atoms with van der Waals surface area (Å²) < 4.78 is 4.15. The molecule has 0 saturated carbocycles. The predicted molar refractivity (Wildman–Crippen MR) is 49.8 cm³/mol. The quantitative estimate of drug-likeness (QED) is 0.307. The molecule has 13 heavy (non-hydrogen) atoms. The van der Waals surface area contributed by atoms with Crippen LogP contribution < -0.4 is 0 Å². The molecule has 3 nitrogen and oxygen atoms in total. The number of rotatable bonds is 2. The van der Waals surface area contributed by atoms with Crippen molar-refractivity contribution in [1.29, 1.82) is 0 Å². The summed E-state index contributed by atoms with van der Waals surface area (Å²) in [6.07, 6.45) is 0. The number of aryl methyl sites for hydroxylation is 1. The van der Waals surface area contributed by atoms with Gasteiger partial charge >= 0.3 is 63.8 Å². The zero-order valence-electron chi connectivity index (χ0n) is 6.61. The van der Waals surface area contributed by atoms with Crippen LogP contribution in [0.2, 0.25) is 0 Å². The summed E-state index contributed by atoms with van der Waals surface area (Å²) in [5.74, 6) is -0.620. The number of carbonyl (C=O) groups is 2. The van der Waals surface area contributed by atoms with Crippen LogP contribution in [0.4, 0.5) is 0 Å². The molecule has 0 spiro atoms. The average molecular weight is 204 g/mol. The standard InChI is InChI=1S/C9H8O3.K.H/c1-7-2-4-8(5-3-7)9(11)12-6-10;;/h2-6H,1H3;;. The molecule has 0 fully saturated rings.